The molecule has 0 amide bonds. The van der Waals surface area contributed by atoms with E-state index in [1.807, 2.05) is 18.1 Å². The molecular weight excluding hydrogens is 100 g/mol. The Labute approximate surface area is 50.5 Å². The van der Waals surface area contributed by atoms with Crippen LogP contribution in [0.1, 0.15) is 6.92 Å². The van der Waals surface area contributed by atoms with Crippen molar-refractivity contribution in [1.29, 1.82) is 0 Å². The van der Waals surface area contributed by atoms with E-state index in [4.69, 9.17) is 0 Å². The lowest BCUT2D eigenvalue weighted by molar-refractivity contribution is 0.483. The molecule has 0 aliphatic heterocycles. The van der Waals surface area contributed by atoms with E-state index >= 15 is 0 Å². The summed E-state index contributed by atoms with van der Waals surface area (Å²) < 4.78 is 0. The summed E-state index contributed by atoms with van der Waals surface area (Å²) in [5.74, 6) is 0. The number of hydrogen-bond donors (Lipinski definition) is 0. The topological polar surface area (TPSA) is 15.6 Å². The van der Waals surface area contributed by atoms with Crippen molar-refractivity contribution in [3.05, 3.63) is 12.4 Å². The molecule has 0 N–H and O–H groups in total. The van der Waals surface area contributed by atoms with Crippen molar-refractivity contribution in [2.75, 3.05) is 13.6 Å². The maximum atomic E-state index is 3.55. The minimum atomic E-state index is 1.01. The Morgan fingerprint density at radius 1 is 1.75 bits per heavy atom. The Hall–Kier alpha value is -0.790. The Kier molecular flexibility index (Phi) is 3.94. The fourth-order valence-corrected chi connectivity index (χ4v) is 0.266. The van der Waals surface area contributed by atoms with Crippen molar-refractivity contribution >= 4 is 6.72 Å². The predicted octanol–water partition coefficient (Wildman–Crippen LogP) is 1.11. The first-order chi connectivity index (χ1) is 3.81. The van der Waals surface area contributed by atoms with E-state index in [1.54, 1.807) is 6.20 Å². The van der Waals surface area contributed by atoms with Gasteiger partial charge >= 0.3 is 0 Å². The minimum Gasteiger partial charge on any atom is -0.379 e. The molecule has 0 aromatic carbocycles. The molecule has 46 valence electrons. The van der Waals surface area contributed by atoms with E-state index < -0.39 is 0 Å². The van der Waals surface area contributed by atoms with Crippen LogP contribution in [0.5, 0.6) is 0 Å². The molecule has 0 radical (unpaired) electrons. The summed E-state index contributed by atoms with van der Waals surface area (Å²) >= 11 is 0. The number of aliphatic imine (C=N–C) groups is 1. The van der Waals surface area contributed by atoms with Gasteiger partial charge in [0.2, 0.25) is 0 Å². The lowest BCUT2D eigenvalue weighted by Crippen LogP contribution is -2.07. The van der Waals surface area contributed by atoms with Gasteiger partial charge in [0.05, 0.1) is 0 Å². The van der Waals surface area contributed by atoms with Gasteiger partial charge in [-0.1, -0.05) is 0 Å². The van der Waals surface area contributed by atoms with Crippen molar-refractivity contribution in [1.82, 2.24) is 4.90 Å². The van der Waals surface area contributed by atoms with E-state index in [0.717, 1.165) is 6.54 Å². The van der Waals surface area contributed by atoms with E-state index in [0.29, 0.717) is 0 Å². The van der Waals surface area contributed by atoms with Gasteiger partial charge in [0, 0.05) is 26.0 Å². The van der Waals surface area contributed by atoms with E-state index in [-0.39, 0.29) is 0 Å². The first-order valence-electron chi connectivity index (χ1n) is 2.64. The second-order valence-corrected chi connectivity index (χ2v) is 1.55. The highest BCUT2D eigenvalue weighted by molar-refractivity contribution is 5.25. The van der Waals surface area contributed by atoms with Crippen LogP contribution in [0.25, 0.3) is 0 Å². The molecule has 2 nitrogen and oxygen atoms in total. The number of nitrogens with zero attached hydrogens (tertiary/aromatic N) is 2. The normalized spacial score (nSPS) is 9.75. The summed E-state index contributed by atoms with van der Waals surface area (Å²) in [4.78, 5) is 5.57. The zero-order valence-electron chi connectivity index (χ0n) is 5.46. The number of rotatable bonds is 3. The quantitative estimate of drug-likeness (QED) is 0.499. The molecule has 0 fully saturated rings. The van der Waals surface area contributed by atoms with Crippen LogP contribution in [0.4, 0.5) is 0 Å². The molecule has 0 unspecified atom stereocenters. The average molecular weight is 112 g/mol. The first kappa shape index (κ1) is 7.21. The second-order valence-electron chi connectivity index (χ2n) is 1.55. The van der Waals surface area contributed by atoms with E-state index in [9.17, 15) is 0 Å². The lowest BCUT2D eigenvalue weighted by Gasteiger charge is -2.07. The maximum absolute atomic E-state index is 3.55. The van der Waals surface area contributed by atoms with Gasteiger partial charge in [-0.2, -0.15) is 0 Å². The van der Waals surface area contributed by atoms with Crippen molar-refractivity contribution in [3.8, 4) is 0 Å². The van der Waals surface area contributed by atoms with Gasteiger partial charge < -0.3 is 4.90 Å². The summed E-state index contributed by atoms with van der Waals surface area (Å²) in [7, 11) is 1.99. The molecule has 8 heavy (non-hydrogen) atoms. The summed E-state index contributed by atoms with van der Waals surface area (Å²) in [6.07, 6.45) is 3.55. The maximum Gasteiger partial charge on any atom is 0.0419 e. The van der Waals surface area contributed by atoms with E-state index in [2.05, 4.69) is 18.6 Å². The smallest absolute Gasteiger partial charge is 0.0419 e. The zero-order chi connectivity index (χ0) is 6.41. The van der Waals surface area contributed by atoms with Crippen LogP contribution in [0.2, 0.25) is 0 Å². The fourth-order valence-electron chi connectivity index (χ4n) is 0.266. The minimum absolute atomic E-state index is 1.01. The van der Waals surface area contributed by atoms with Crippen LogP contribution in [0, 0.1) is 0 Å². The molecule has 0 aromatic heterocycles. The van der Waals surface area contributed by atoms with Crippen LogP contribution in [0.15, 0.2) is 17.4 Å². The molecule has 0 spiro atoms. The zero-order valence-corrected chi connectivity index (χ0v) is 5.46. The molecule has 0 heterocycles. The standard InChI is InChI=1S/C6H12N2/c1-4-8(3)6-5-7-2/h5-6H,2,4H2,1,3H3. The van der Waals surface area contributed by atoms with Crippen LogP contribution in [-0.2, 0) is 0 Å². The van der Waals surface area contributed by atoms with Gasteiger partial charge in [-0.15, -0.1) is 0 Å². The van der Waals surface area contributed by atoms with Gasteiger partial charge in [0.1, 0.15) is 0 Å². The Balaban J connectivity index is 3.35. The van der Waals surface area contributed by atoms with Gasteiger partial charge in [0.25, 0.3) is 0 Å². The first-order valence-corrected chi connectivity index (χ1v) is 2.64. The monoisotopic (exact) mass is 112 g/mol. The van der Waals surface area contributed by atoms with Crippen molar-refractivity contribution in [2.24, 2.45) is 4.99 Å². The Morgan fingerprint density at radius 2 is 2.38 bits per heavy atom. The summed E-state index contributed by atoms with van der Waals surface area (Å²) in [5.41, 5.74) is 0. The molecule has 0 aliphatic rings. The fraction of sp³-hybridized carbons (Fsp3) is 0.500. The second kappa shape index (κ2) is 4.37. The summed E-state index contributed by atoms with van der Waals surface area (Å²) in [6, 6.07) is 0. The number of hydrogen-bond acceptors (Lipinski definition) is 2. The molecular formula is C6H12N2. The third-order valence-corrected chi connectivity index (χ3v) is 0.925. The van der Waals surface area contributed by atoms with Crippen molar-refractivity contribution in [2.45, 2.75) is 6.92 Å². The van der Waals surface area contributed by atoms with Crippen LogP contribution < -0.4 is 0 Å². The van der Waals surface area contributed by atoms with Gasteiger partial charge in [0.15, 0.2) is 0 Å². The predicted molar refractivity (Wildman–Crippen MR) is 37.0 cm³/mol. The SMILES string of the molecule is C=NC=CN(C)CC. The third-order valence-electron chi connectivity index (χ3n) is 0.925. The Bertz CT molecular complexity index is 86.5. The summed E-state index contributed by atoms with van der Waals surface area (Å²) in [5, 5.41) is 0. The Morgan fingerprint density at radius 3 is 2.75 bits per heavy atom. The molecule has 0 saturated heterocycles. The highest BCUT2D eigenvalue weighted by Gasteiger charge is 1.77. The highest BCUT2D eigenvalue weighted by atomic mass is 15.1. The molecule has 0 rings (SSSR count). The van der Waals surface area contributed by atoms with Gasteiger partial charge in [-0.3, -0.25) is 4.99 Å². The lowest BCUT2D eigenvalue weighted by atomic mass is 10.6. The van der Waals surface area contributed by atoms with Crippen LogP contribution in [-0.4, -0.2) is 25.2 Å². The van der Waals surface area contributed by atoms with Crippen molar-refractivity contribution in [3.63, 3.8) is 0 Å². The van der Waals surface area contributed by atoms with Crippen LogP contribution >= 0.6 is 0 Å². The highest BCUT2D eigenvalue weighted by Crippen LogP contribution is 1.80. The van der Waals surface area contributed by atoms with Gasteiger partial charge in [-0.25, -0.2) is 0 Å². The van der Waals surface area contributed by atoms with Gasteiger partial charge in [-0.05, 0) is 13.6 Å². The molecule has 0 aromatic rings. The van der Waals surface area contributed by atoms with Crippen LogP contribution in [0.3, 0.4) is 0 Å². The third kappa shape index (κ3) is 3.40. The van der Waals surface area contributed by atoms with Crippen molar-refractivity contribution < 1.29 is 0 Å². The molecule has 2 heteroatoms. The molecule has 0 aliphatic carbocycles. The summed E-state index contributed by atoms with van der Waals surface area (Å²) in [6.45, 7) is 6.39. The largest absolute Gasteiger partial charge is 0.379 e. The van der Waals surface area contributed by atoms with E-state index in [1.165, 1.54) is 0 Å². The average Bonchev–Trinajstić information content (AvgIpc) is 1.83. The molecule has 0 saturated carbocycles. The molecule has 0 atom stereocenters. The molecule has 0 bridgehead atoms.